The van der Waals surface area contributed by atoms with E-state index in [9.17, 15) is 0 Å². The van der Waals surface area contributed by atoms with Gasteiger partial charge in [0.1, 0.15) is 0 Å². The lowest BCUT2D eigenvalue weighted by molar-refractivity contribution is 0.344. The van der Waals surface area contributed by atoms with Crippen molar-refractivity contribution in [1.29, 1.82) is 0 Å². The average molecular weight is 312 g/mol. The van der Waals surface area contributed by atoms with Gasteiger partial charge in [-0.3, -0.25) is 0 Å². The molecule has 1 aliphatic rings. The minimum Gasteiger partial charge on any atom is -0.361 e. The minimum absolute atomic E-state index is 0.637. The maximum Gasteiger partial charge on any atom is 0.170 e. The van der Waals surface area contributed by atoms with Crippen LogP contribution in [-0.2, 0) is 0 Å². The first-order valence-corrected chi connectivity index (χ1v) is 7.89. The van der Waals surface area contributed by atoms with E-state index >= 15 is 0 Å². The van der Waals surface area contributed by atoms with E-state index < -0.39 is 0 Å². The van der Waals surface area contributed by atoms with Crippen molar-refractivity contribution < 1.29 is 0 Å². The largest absolute Gasteiger partial charge is 0.361 e. The lowest BCUT2D eigenvalue weighted by atomic mass is 10.1. The molecule has 110 valence electrons. The van der Waals surface area contributed by atoms with Gasteiger partial charge in [-0.15, -0.1) is 0 Å². The Balaban J connectivity index is 1.82. The number of hydrogen-bond acceptors (Lipinski definition) is 2. The predicted octanol–water partition coefficient (Wildman–Crippen LogP) is 3.34. The number of benzene rings is 1. The Morgan fingerprint density at radius 3 is 2.65 bits per heavy atom. The van der Waals surface area contributed by atoms with E-state index in [1.165, 1.54) is 25.9 Å². The molecule has 1 aliphatic heterocycles. The number of halogens is 1. The Hall–Kier alpha value is -0.840. The molecule has 0 atom stereocenters. The Kier molecular flexibility index (Phi) is 5.64. The summed E-state index contributed by atoms with van der Waals surface area (Å²) in [7, 11) is 0. The van der Waals surface area contributed by atoms with E-state index in [-0.39, 0.29) is 0 Å². The standard InChI is InChI=1S/C15H22ClN3S/c1-11-9-12(2)14(13(16)10-11)18-15(20)17-5-8-19-6-3-4-7-19/h9-10H,3-8H2,1-2H3,(H2,17,18,20). The number of hydrogen-bond donors (Lipinski definition) is 2. The molecule has 1 aromatic carbocycles. The van der Waals surface area contributed by atoms with Crippen LogP contribution >= 0.6 is 23.8 Å². The van der Waals surface area contributed by atoms with E-state index in [1.807, 2.05) is 19.9 Å². The normalized spacial score (nSPS) is 15.3. The third-order valence-corrected chi connectivity index (χ3v) is 4.13. The highest BCUT2D eigenvalue weighted by Crippen LogP contribution is 2.27. The summed E-state index contributed by atoms with van der Waals surface area (Å²) in [5.41, 5.74) is 3.17. The molecule has 0 radical (unpaired) electrons. The van der Waals surface area contributed by atoms with Crippen LogP contribution in [-0.4, -0.2) is 36.2 Å². The van der Waals surface area contributed by atoms with Gasteiger partial charge in [0.25, 0.3) is 0 Å². The highest BCUT2D eigenvalue weighted by molar-refractivity contribution is 7.80. The van der Waals surface area contributed by atoms with Crippen LogP contribution in [0.4, 0.5) is 5.69 Å². The van der Waals surface area contributed by atoms with Crippen LogP contribution in [0.1, 0.15) is 24.0 Å². The van der Waals surface area contributed by atoms with Gasteiger partial charge in [0.15, 0.2) is 5.11 Å². The zero-order valence-electron chi connectivity index (χ0n) is 12.1. The zero-order chi connectivity index (χ0) is 14.5. The number of nitrogens with one attached hydrogen (secondary N) is 2. The molecule has 0 aliphatic carbocycles. The first-order valence-electron chi connectivity index (χ1n) is 7.10. The molecule has 3 nitrogen and oxygen atoms in total. The smallest absolute Gasteiger partial charge is 0.170 e. The molecule has 0 amide bonds. The van der Waals surface area contributed by atoms with Crippen LogP contribution in [0.5, 0.6) is 0 Å². The second kappa shape index (κ2) is 7.25. The summed E-state index contributed by atoms with van der Waals surface area (Å²) in [6.45, 7) is 8.41. The van der Waals surface area contributed by atoms with Gasteiger partial charge < -0.3 is 15.5 Å². The second-order valence-corrected chi connectivity index (χ2v) is 6.18. The molecule has 5 heteroatoms. The van der Waals surface area contributed by atoms with Crippen LogP contribution in [0.25, 0.3) is 0 Å². The molecule has 2 N–H and O–H groups in total. The second-order valence-electron chi connectivity index (χ2n) is 5.37. The molecular weight excluding hydrogens is 290 g/mol. The van der Waals surface area contributed by atoms with Gasteiger partial charge in [-0.2, -0.15) is 0 Å². The number of anilines is 1. The lowest BCUT2D eigenvalue weighted by Gasteiger charge is -2.17. The van der Waals surface area contributed by atoms with Crippen molar-refractivity contribution in [2.45, 2.75) is 26.7 Å². The van der Waals surface area contributed by atoms with Gasteiger partial charge in [0.05, 0.1) is 10.7 Å². The summed E-state index contributed by atoms with van der Waals surface area (Å²) in [6.07, 6.45) is 2.64. The minimum atomic E-state index is 0.637. The molecular formula is C15H22ClN3S. The van der Waals surface area contributed by atoms with Crippen LogP contribution in [0.15, 0.2) is 12.1 Å². The lowest BCUT2D eigenvalue weighted by Crippen LogP contribution is -2.35. The van der Waals surface area contributed by atoms with Gasteiger partial charge >= 0.3 is 0 Å². The summed E-state index contributed by atoms with van der Waals surface area (Å²) in [6, 6.07) is 4.05. The molecule has 0 unspecified atom stereocenters. The number of nitrogens with zero attached hydrogens (tertiary/aromatic N) is 1. The summed E-state index contributed by atoms with van der Waals surface area (Å²) in [4.78, 5) is 2.46. The van der Waals surface area contributed by atoms with Crippen LogP contribution in [0, 0.1) is 13.8 Å². The molecule has 0 bridgehead atoms. The predicted molar refractivity (Wildman–Crippen MR) is 90.8 cm³/mol. The quantitative estimate of drug-likeness (QED) is 0.834. The fourth-order valence-electron chi connectivity index (χ4n) is 2.57. The molecule has 0 saturated carbocycles. The summed E-state index contributed by atoms with van der Waals surface area (Å²) >= 11 is 11.6. The third-order valence-electron chi connectivity index (χ3n) is 3.58. The summed E-state index contributed by atoms with van der Waals surface area (Å²) in [5, 5.41) is 7.80. The van der Waals surface area contributed by atoms with Crippen LogP contribution < -0.4 is 10.6 Å². The number of rotatable bonds is 4. The molecule has 2 rings (SSSR count). The third kappa shape index (κ3) is 4.33. The maximum atomic E-state index is 6.26. The first kappa shape index (κ1) is 15.5. The van der Waals surface area contributed by atoms with E-state index in [2.05, 4.69) is 21.6 Å². The molecule has 0 spiro atoms. The fraction of sp³-hybridized carbons (Fsp3) is 0.533. The number of likely N-dealkylation sites (tertiary alicyclic amines) is 1. The van der Waals surface area contributed by atoms with Crippen molar-refractivity contribution in [2.24, 2.45) is 0 Å². The van der Waals surface area contributed by atoms with Gasteiger partial charge in [0.2, 0.25) is 0 Å². The molecule has 1 saturated heterocycles. The van der Waals surface area contributed by atoms with E-state index in [0.29, 0.717) is 10.1 Å². The van der Waals surface area contributed by atoms with Crippen molar-refractivity contribution in [3.05, 3.63) is 28.3 Å². The Bertz CT molecular complexity index is 461. The number of aryl methyl sites for hydroxylation is 2. The molecule has 1 aromatic rings. The van der Waals surface area contributed by atoms with Crippen molar-refractivity contribution in [3.8, 4) is 0 Å². The van der Waals surface area contributed by atoms with Crippen molar-refractivity contribution >= 4 is 34.6 Å². The van der Waals surface area contributed by atoms with E-state index in [4.69, 9.17) is 23.8 Å². The van der Waals surface area contributed by atoms with Gasteiger partial charge in [-0.1, -0.05) is 17.7 Å². The maximum absolute atomic E-state index is 6.26. The Morgan fingerprint density at radius 2 is 2.00 bits per heavy atom. The van der Waals surface area contributed by atoms with E-state index in [0.717, 1.165) is 29.9 Å². The molecule has 1 fully saturated rings. The molecule has 20 heavy (non-hydrogen) atoms. The zero-order valence-corrected chi connectivity index (χ0v) is 13.7. The average Bonchev–Trinajstić information content (AvgIpc) is 2.87. The molecule has 0 aromatic heterocycles. The molecule has 1 heterocycles. The Morgan fingerprint density at radius 1 is 1.30 bits per heavy atom. The highest BCUT2D eigenvalue weighted by atomic mass is 35.5. The summed E-state index contributed by atoms with van der Waals surface area (Å²) in [5.74, 6) is 0. The number of thiocarbonyl (C=S) groups is 1. The van der Waals surface area contributed by atoms with Crippen molar-refractivity contribution in [1.82, 2.24) is 10.2 Å². The highest BCUT2D eigenvalue weighted by Gasteiger charge is 2.11. The van der Waals surface area contributed by atoms with Gasteiger partial charge in [0, 0.05) is 13.1 Å². The Labute approximate surface area is 131 Å². The van der Waals surface area contributed by atoms with Gasteiger partial charge in [-0.25, -0.2) is 0 Å². The van der Waals surface area contributed by atoms with E-state index in [1.54, 1.807) is 0 Å². The van der Waals surface area contributed by atoms with Crippen molar-refractivity contribution in [3.63, 3.8) is 0 Å². The monoisotopic (exact) mass is 311 g/mol. The SMILES string of the molecule is Cc1cc(C)c(NC(=S)NCCN2CCCC2)c(Cl)c1. The topological polar surface area (TPSA) is 27.3 Å². The van der Waals surface area contributed by atoms with Crippen LogP contribution in [0.3, 0.4) is 0 Å². The first-order chi connectivity index (χ1) is 9.56. The summed E-state index contributed by atoms with van der Waals surface area (Å²) < 4.78 is 0. The fourth-order valence-corrected chi connectivity index (χ4v) is 3.14. The van der Waals surface area contributed by atoms with Crippen molar-refractivity contribution in [2.75, 3.05) is 31.5 Å². The van der Waals surface area contributed by atoms with Gasteiger partial charge in [-0.05, 0) is 69.2 Å². The van der Waals surface area contributed by atoms with Crippen LogP contribution in [0.2, 0.25) is 5.02 Å².